The van der Waals surface area contributed by atoms with Crippen LogP contribution in [0.5, 0.6) is 0 Å². The minimum absolute atomic E-state index is 0.0419. The van der Waals surface area contributed by atoms with Crippen molar-refractivity contribution in [1.29, 1.82) is 0 Å². The van der Waals surface area contributed by atoms with Crippen LogP contribution in [-0.2, 0) is 16.1 Å². The molecule has 0 radical (unpaired) electrons. The number of pyridine rings is 1. The Kier molecular flexibility index (Phi) is 3.70. The van der Waals surface area contributed by atoms with Gasteiger partial charge in [0.05, 0.1) is 18.5 Å². The third kappa shape index (κ3) is 2.67. The van der Waals surface area contributed by atoms with Gasteiger partial charge < -0.3 is 10.0 Å². The van der Waals surface area contributed by atoms with Gasteiger partial charge in [-0.05, 0) is 23.1 Å². The van der Waals surface area contributed by atoms with Gasteiger partial charge in [0, 0.05) is 23.7 Å². The Hall–Kier alpha value is -2.21. The second kappa shape index (κ2) is 5.65. The second-order valence-corrected chi connectivity index (χ2v) is 6.01. The zero-order valence-corrected chi connectivity index (χ0v) is 12.0. The normalized spacial score (nSPS) is 21.7. The minimum Gasteiger partial charge on any atom is -0.481 e. The van der Waals surface area contributed by atoms with E-state index in [0.717, 1.165) is 10.4 Å². The fraction of sp³-hybridized carbons (Fsp3) is 0.267. The minimum atomic E-state index is -0.939. The number of carbonyl (C=O) groups is 2. The Morgan fingerprint density at radius 2 is 2.29 bits per heavy atom. The van der Waals surface area contributed by atoms with Crippen LogP contribution in [0.2, 0.25) is 0 Å². The summed E-state index contributed by atoms with van der Waals surface area (Å²) in [5.41, 5.74) is 0.771. The zero-order valence-electron chi connectivity index (χ0n) is 11.2. The molecule has 3 heterocycles. The van der Waals surface area contributed by atoms with Gasteiger partial charge in [-0.25, -0.2) is 0 Å². The van der Waals surface area contributed by atoms with E-state index in [1.165, 1.54) is 0 Å². The lowest BCUT2D eigenvalue weighted by Crippen LogP contribution is -2.30. The van der Waals surface area contributed by atoms with Gasteiger partial charge in [-0.3, -0.25) is 14.6 Å². The summed E-state index contributed by atoms with van der Waals surface area (Å²) in [6.07, 6.45) is 3.32. The summed E-state index contributed by atoms with van der Waals surface area (Å²) in [5, 5.41) is 11.4. The van der Waals surface area contributed by atoms with Crippen LogP contribution in [0.25, 0.3) is 0 Å². The molecule has 5 nitrogen and oxygen atoms in total. The van der Waals surface area contributed by atoms with Crippen molar-refractivity contribution in [3.63, 3.8) is 0 Å². The Morgan fingerprint density at radius 1 is 1.43 bits per heavy atom. The first-order valence-electron chi connectivity index (χ1n) is 6.61. The van der Waals surface area contributed by atoms with Crippen molar-refractivity contribution < 1.29 is 14.7 Å². The van der Waals surface area contributed by atoms with Crippen molar-refractivity contribution in [2.75, 3.05) is 0 Å². The van der Waals surface area contributed by atoms with E-state index in [1.54, 1.807) is 34.7 Å². The average Bonchev–Trinajstić information content (AvgIpc) is 3.09. The summed E-state index contributed by atoms with van der Waals surface area (Å²) in [6, 6.07) is 7.01. The molecule has 2 atom stereocenters. The molecule has 6 heteroatoms. The van der Waals surface area contributed by atoms with Gasteiger partial charge in [0.15, 0.2) is 0 Å². The lowest BCUT2D eigenvalue weighted by molar-refractivity contribution is -0.142. The fourth-order valence-electron chi connectivity index (χ4n) is 2.73. The van der Waals surface area contributed by atoms with E-state index in [0.29, 0.717) is 6.54 Å². The number of carbonyl (C=O) groups excluding carboxylic acids is 1. The Bertz CT molecular complexity index is 642. The molecule has 108 valence electrons. The first kappa shape index (κ1) is 13.8. The number of carboxylic acid groups (broad SMARTS) is 1. The molecule has 0 bridgehead atoms. The van der Waals surface area contributed by atoms with Gasteiger partial charge in [0.1, 0.15) is 0 Å². The van der Waals surface area contributed by atoms with E-state index in [9.17, 15) is 14.7 Å². The highest BCUT2D eigenvalue weighted by Gasteiger charge is 2.44. The van der Waals surface area contributed by atoms with Crippen molar-refractivity contribution in [3.05, 3.63) is 52.5 Å². The van der Waals surface area contributed by atoms with E-state index in [4.69, 9.17) is 0 Å². The number of aliphatic carboxylic acids is 1. The van der Waals surface area contributed by atoms with Crippen molar-refractivity contribution >= 4 is 23.2 Å². The van der Waals surface area contributed by atoms with Crippen LogP contribution in [0.3, 0.4) is 0 Å². The highest BCUT2D eigenvalue weighted by molar-refractivity contribution is 7.09. The average molecular weight is 302 g/mol. The molecule has 0 spiro atoms. The third-order valence-corrected chi connectivity index (χ3v) is 4.54. The standard InChI is InChI=1S/C15H14N2O3S/c18-13-7-12(15(19)20)14(10-3-1-5-16-8-10)17(13)9-11-4-2-6-21-11/h1-6,8,12,14H,7,9H2,(H,19,20). The van der Waals surface area contributed by atoms with Crippen LogP contribution in [0, 0.1) is 5.92 Å². The number of carboxylic acids is 1. The van der Waals surface area contributed by atoms with Crippen LogP contribution < -0.4 is 0 Å². The smallest absolute Gasteiger partial charge is 0.309 e. The van der Waals surface area contributed by atoms with E-state index < -0.39 is 17.9 Å². The molecule has 1 N–H and O–H groups in total. The van der Waals surface area contributed by atoms with Crippen LogP contribution >= 0.6 is 11.3 Å². The molecule has 3 rings (SSSR count). The summed E-state index contributed by atoms with van der Waals surface area (Å²) < 4.78 is 0. The molecule has 1 aliphatic heterocycles. The van der Waals surface area contributed by atoms with E-state index in [-0.39, 0.29) is 12.3 Å². The summed E-state index contributed by atoms with van der Waals surface area (Å²) >= 11 is 1.56. The largest absolute Gasteiger partial charge is 0.481 e. The lowest BCUT2D eigenvalue weighted by Gasteiger charge is -2.26. The van der Waals surface area contributed by atoms with Crippen molar-refractivity contribution in [2.24, 2.45) is 5.92 Å². The van der Waals surface area contributed by atoms with E-state index >= 15 is 0 Å². The number of likely N-dealkylation sites (tertiary alicyclic amines) is 1. The molecule has 1 saturated heterocycles. The molecule has 1 aliphatic rings. The molecule has 2 unspecified atom stereocenters. The maximum absolute atomic E-state index is 12.2. The number of hydrogen-bond donors (Lipinski definition) is 1. The first-order chi connectivity index (χ1) is 10.2. The number of rotatable bonds is 4. The van der Waals surface area contributed by atoms with Crippen molar-refractivity contribution in [2.45, 2.75) is 19.0 Å². The second-order valence-electron chi connectivity index (χ2n) is 4.98. The molecule has 1 fully saturated rings. The molecule has 0 aromatic carbocycles. The Balaban J connectivity index is 1.95. The van der Waals surface area contributed by atoms with Crippen molar-refractivity contribution in [1.82, 2.24) is 9.88 Å². The van der Waals surface area contributed by atoms with E-state index in [1.807, 2.05) is 23.6 Å². The highest BCUT2D eigenvalue weighted by atomic mass is 32.1. The predicted octanol–water partition coefficient (Wildman–Crippen LogP) is 2.32. The maximum Gasteiger partial charge on any atom is 0.309 e. The van der Waals surface area contributed by atoms with Crippen LogP contribution in [-0.4, -0.2) is 26.9 Å². The van der Waals surface area contributed by atoms with Crippen LogP contribution in [0.4, 0.5) is 0 Å². The predicted molar refractivity (Wildman–Crippen MR) is 77.6 cm³/mol. The summed E-state index contributed by atoms with van der Waals surface area (Å²) in [7, 11) is 0. The van der Waals surface area contributed by atoms with Gasteiger partial charge in [-0.15, -0.1) is 11.3 Å². The fourth-order valence-corrected chi connectivity index (χ4v) is 3.43. The molecule has 0 saturated carbocycles. The van der Waals surface area contributed by atoms with Gasteiger partial charge in [0.2, 0.25) is 5.91 Å². The summed E-state index contributed by atoms with van der Waals surface area (Å²) in [6.45, 7) is 0.444. The number of thiophene rings is 1. The topological polar surface area (TPSA) is 70.5 Å². The van der Waals surface area contributed by atoms with Gasteiger partial charge >= 0.3 is 5.97 Å². The first-order valence-corrected chi connectivity index (χ1v) is 7.49. The molecule has 21 heavy (non-hydrogen) atoms. The monoisotopic (exact) mass is 302 g/mol. The number of hydrogen-bond acceptors (Lipinski definition) is 4. The Labute approximate surface area is 125 Å². The molecule has 2 aromatic heterocycles. The lowest BCUT2D eigenvalue weighted by atomic mass is 9.95. The molecular formula is C15H14N2O3S. The summed E-state index contributed by atoms with van der Waals surface area (Å²) in [4.78, 5) is 30.5. The molecule has 2 aromatic rings. The van der Waals surface area contributed by atoms with Gasteiger partial charge in [-0.1, -0.05) is 12.1 Å². The Morgan fingerprint density at radius 3 is 2.90 bits per heavy atom. The van der Waals surface area contributed by atoms with Gasteiger partial charge in [-0.2, -0.15) is 0 Å². The third-order valence-electron chi connectivity index (χ3n) is 3.68. The number of aromatic nitrogens is 1. The highest BCUT2D eigenvalue weighted by Crippen LogP contribution is 2.39. The number of nitrogens with zero attached hydrogens (tertiary/aromatic N) is 2. The quantitative estimate of drug-likeness (QED) is 0.941. The molecular weight excluding hydrogens is 288 g/mol. The maximum atomic E-state index is 12.2. The van der Waals surface area contributed by atoms with Crippen LogP contribution in [0.15, 0.2) is 42.0 Å². The van der Waals surface area contributed by atoms with Gasteiger partial charge in [0.25, 0.3) is 0 Å². The summed E-state index contributed by atoms with van der Waals surface area (Å²) in [5.74, 6) is -1.78. The van der Waals surface area contributed by atoms with Crippen molar-refractivity contribution in [3.8, 4) is 0 Å². The SMILES string of the molecule is O=C(O)C1CC(=O)N(Cc2cccs2)C1c1cccnc1. The number of amides is 1. The molecule has 1 amide bonds. The molecule has 0 aliphatic carbocycles. The van der Waals surface area contributed by atoms with E-state index in [2.05, 4.69) is 4.98 Å². The zero-order chi connectivity index (χ0) is 14.8. The van der Waals surface area contributed by atoms with Crippen LogP contribution in [0.1, 0.15) is 22.9 Å².